The van der Waals surface area contributed by atoms with E-state index in [1.54, 1.807) is 7.11 Å². The van der Waals surface area contributed by atoms with Gasteiger partial charge in [0.05, 0.1) is 24.2 Å². The molecule has 0 bridgehead atoms. The molecule has 0 amide bonds. The van der Waals surface area contributed by atoms with E-state index in [0.29, 0.717) is 24.5 Å². The van der Waals surface area contributed by atoms with E-state index in [2.05, 4.69) is 71.5 Å². The summed E-state index contributed by atoms with van der Waals surface area (Å²) in [5.74, 6) is 1.54. The first-order valence-corrected chi connectivity index (χ1v) is 12.2. The summed E-state index contributed by atoms with van der Waals surface area (Å²) in [6, 6.07) is 16.5. The van der Waals surface area contributed by atoms with E-state index in [4.69, 9.17) is 9.47 Å². The smallest absolute Gasteiger partial charge is 0.175 e. The van der Waals surface area contributed by atoms with E-state index < -0.39 is 0 Å². The van der Waals surface area contributed by atoms with E-state index >= 15 is 0 Å². The highest BCUT2D eigenvalue weighted by molar-refractivity contribution is 9.10. The van der Waals surface area contributed by atoms with Crippen molar-refractivity contribution in [1.29, 1.82) is 0 Å². The minimum atomic E-state index is -0.252. The molecule has 0 saturated heterocycles. The van der Waals surface area contributed by atoms with Crippen LogP contribution in [0.1, 0.15) is 50.8 Å². The lowest BCUT2D eigenvalue weighted by Crippen LogP contribution is -2.33. The maximum atomic E-state index is 13.6. The third-order valence-electron chi connectivity index (χ3n) is 6.61. The van der Waals surface area contributed by atoms with Gasteiger partial charge in [0.2, 0.25) is 0 Å². The van der Waals surface area contributed by atoms with E-state index in [9.17, 15) is 4.79 Å². The second-order valence-electron chi connectivity index (χ2n) is 9.59. The average molecular weight is 506 g/mol. The molecular formula is C28H28BrNO3. The van der Waals surface area contributed by atoms with Crippen LogP contribution in [0.2, 0.25) is 0 Å². The predicted molar refractivity (Wildman–Crippen MR) is 137 cm³/mol. The van der Waals surface area contributed by atoms with Crippen LogP contribution in [0.4, 0.5) is 5.69 Å². The number of hydrogen-bond acceptors (Lipinski definition) is 4. The molecule has 1 N–H and O–H groups in total. The van der Waals surface area contributed by atoms with E-state index in [-0.39, 0.29) is 17.2 Å². The van der Waals surface area contributed by atoms with Crippen LogP contribution >= 0.6 is 15.9 Å². The number of carbonyl (C=O) groups excluding carboxylic acids is 1. The SMILES string of the molecule is CCOc1c(Br)cc(C2Nc3ccc4ccccc4c3C3=C2C(=O)CC(C)(C)C3)cc1OC. The molecule has 2 aliphatic rings. The molecule has 1 atom stereocenters. The summed E-state index contributed by atoms with van der Waals surface area (Å²) < 4.78 is 12.3. The molecule has 0 radical (unpaired) electrons. The highest BCUT2D eigenvalue weighted by Crippen LogP contribution is 2.53. The number of ether oxygens (including phenoxy) is 2. The first kappa shape index (κ1) is 22.0. The van der Waals surface area contributed by atoms with Gasteiger partial charge in [-0.25, -0.2) is 0 Å². The number of benzene rings is 3. The highest BCUT2D eigenvalue weighted by Gasteiger charge is 2.41. The number of methoxy groups -OCH3 is 1. The van der Waals surface area contributed by atoms with Crippen molar-refractivity contribution in [2.24, 2.45) is 5.41 Å². The van der Waals surface area contributed by atoms with Crippen LogP contribution in [0.5, 0.6) is 11.5 Å². The van der Waals surface area contributed by atoms with E-state index in [1.807, 2.05) is 19.1 Å². The first-order chi connectivity index (χ1) is 15.8. The minimum Gasteiger partial charge on any atom is -0.493 e. The standard InChI is InChI=1S/C28H28BrNO3/c1-5-33-27-20(29)12-17(13-23(27)32-4)26-25-19(14-28(2,3)15-22(25)31)24-18-9-7-6-8-16(18)10-11-21(24)30-26/h6-13,26,30H,5,14-15H2,1-4H3. The van der Waals surface area contributed by atoms with Gasteiger partial charge in [-0.15, -0.1) is 0 Å². The van der Waals surface area contributed by atoms with Crippen LogP contribution < -0.4 is 14.8 Å². The molecule has 0 fully saturated rings. The average Bonchev–Trinajstić information content (AvgIpc) is 2.78. The van der Waals surface area contributed by atoms with Crippen LogP contribution in [0.3, 0.4) is 0 Å². The van der Waals surface area contributed by atoms with Gasteiger partial charge in [0.15, 0.2) is 17.3 Å². The van der Waals surface area contributed by atoms with Gasteiger partial charge in [0.25, 0.3) is 0 Å². The molecule has 4 nitrogen and oxygen atoms in total. The molecule has 0 spiro atoms. The molecule has 3 aromatic rings. The summed E-state index contributed by atoms with van der Waals surface area (Å²) in [7, 11) is 1.64. The second-order valence-corrected chi connectivity index (χ2v) is 10.4. The zero-order valence-corrected chi connectivity index (χ0v) is 21.0. The molecule has 170 valence electrons. The lowest BCUT2D eigenvalue weighted by molar-refractivity contribution is -0.118. The number of fused-ring (bicyclic) bond motifs is 4. The zero-order valence-electron chi connectivity index (χ0n) is 19.4. The normalized spacial score (nSPS) is 19.1. The molecule has 33 heavy (non-hydrogen) atoms. The molecule has 0 saturated carbocycles. The Morgan fingerprint density at radius 2 is 1.91 bits per heavy atom. The third-order valence-corrected chi connectivity index (χ3v) is 7.20. The number of rotatable bonds is 4. The Bertz CT molecular complexity index is 1310. The van der Waals surface area contributed by atoms with Crippen LogP contribution in [-0.4, -0.2) is 19.5 Å². The Hall–Kier alpha value is -2.79. The van der Waals surface area contributed by atoms with Crippen molar-refractivity contribution in [2.45, 2.75) is 39.7 Å². The summed E-state index contributed by atoms with van der Waals surface area (Å²) in [6.45, 7) is 6.86. The Kier molecular flexibility index (Phi) is 5.48. The Morgan fingerprint density at radius 1 is 1.12 bits per heavy atom. The van der Waals surface area contributed by atoms with Gasteiger partial charge in [-0.2, -0.15) is 0 Å². The lowest BCUT2D eigenvalue weighted by Gasteiger charge is -2.40. The third kappa shape index (κ3) is 3.72. The number of halogens is 1. The molecular weight excluding hydrogens is 478 g/mol. The predicted octanol–water partition coefficient (Wildman–Crippen LogP) is 7.32. The van der Waals surface area contributed by atoms with Crippen LogP contribution in [0.25, 0.3) is 16.3 Å². The van der Waals surface area contributed by atoms with Gasteiger partial charge in [0, 0.05) is 23.2 Å². The Labute approximate surface area is 203 Å². The van der Waals surface area contributed by atoms with Gasteiger partial charge < -0.3 is 14.8 Å². The van der Waals surface area contributed by atoms with Crippen molar-refractivity contribution in [3.05, 3.63) is 69.7 Å². The number of Topliss-reactive ketones (excluding diaryl/α,β-unsaturated/α-hetero) is 1. The number of ketones is 1. The van der Waals surface area contributed by atoms with E-state index in [0.717, 1.165) is 38.9 Å². The van der Waals surface area contributed by atoms with Gasteiger partial charge in [-0.05, 0) is 74.8 Å². The Morgan fingerprint density at radius 3 is 2.67 bits per heavy atom. The summed E-state index contributed by atoms with van der Waals surface area (Å²) in [6.07, 6.45) is 1.40. The maximum absolute atomic E-state index is 13.6. The quantitative estimate of drug-likeness (QED) is 0.403. The van der Waals surface area contributed by atoms with Crippen molar-refractivity contribution in [3.63, 3.8) is 0 Å². The number of allylic oxidation sites excluding steroid dienone is 1. The van der Waals surface area contributed by atoms with Crippen molar-refractivity contribution in [3.8, 4) is 11.5 Å². The zero-order chi connectivity index (χ0) is 23.3. The summed E-state index contributed by atoms with van der Waals surface area (Å²) >= 11 is 3.66. The number of anilines is 1. The van der Waals surface area contributed by atoms with Crippen molar-refractivity contribution in [1.82, 2.24) is 0 Å². The fourth-order valence-electron chi connectivity index (χ4n) is 5.28. The Balaban J connectivity index is 1.75. The largest absolute Gasteiger partial charge is 0.493 e. The van der Waals surface area contributed by atoms with Crippen LogP contribution in [0.15, 0.2) is 58.6 Å². The van der Waals surface area contributed by atoms with Crippen molar-refractivity contribution in [2.75, 3.05) is 19.0 Å². The molecule has 5 heteroatoms. The summed E-state index contributed by atoms with van der Waals surface area (Å²) in [5, 5.41) is 6.07. The number of carbonyl (C=O) groups is 1. The first-order valence-electron chi connectivity index (χ1n) is 11.4. The van der Waals surface area contributed by atoms with Crippen LogP contribution in [0, 0.1) is 5.41 Å². The molecule has 0 aromatic heterocycles. The second kappa shape index (κ2) is 8.21. The van der Waals surface area contributed by atoms with Crippen molar-refractivity contribution >= 4 is 43.7 Å². The molecule has 3 aromatic carbocycles. The summed E-state index contributed by atoms with van der Waals surface area (Å²) in [5.41, 5.74) is 5.15. The molecule has 1 aliphatic carbocycles. The lowest BCUT2D eigenvalue weighted by atomic mass is 9.68. The highest BCUT2D eigenvalue weighted by atomic mass is 79.9. The fourth-order valence-corrected chi connectivity index (χ4v) is 5.85. The summed E-state index contributed by atoms with van der Waals surface area (Å²) in [4.78, 5) is 13.6. The number of nitrogens with one attached hydrogen (secondary N) is 1. The van der Waals surface area contributed by atoms with Gasteiger partial charge in [0.1, 0.15) is 0 Å². The monoisotopic (exact) mass is 505 g/mol. The van der Waals surface area contributed by atoms with Gasteiger partial charge in [-0.3, -0.25) is 4.79 Å². The van der Waals surface area contributed by atoms with Gasteiger partial charge in [-0.1, -0.05) is 44.2 Å². The number of hydrogen-bond donors (Lipinski definition) is 1. The molecule has 1 aliphatic heterocycles. The van der Waals surface area contributed by atoms with E-state index in [1.165, 1.54) is 10.8 Å². The fraction of sp³-hybridized carbons (Fsp3) is 0.321. The molecule has 1 heterocycles. The maximum Gasteiger partial charge on any atom is 0.175 e. The minimum absolute atomic E-state index is 0.0802. The molecule has 5 rings (SSSR count). The van der Waals surface area contributed by atoms with Crippen molar-refractivity contribution < 1.29 is 14.3 Å². The van der Waals surface area contributed by atoms with Gasteiger partial charge >= 0.3 is 0 Å². The van der Waals surface area contributed by atoms with Crippen LogP contribution in [-0.2, 0) is 4.79 Å². The molecule has 1 unspecified atom stereocenters. The topological polar surface area (TPSA) is 47.6 Å².